The van der Waals surface area contributed by atoms with Crippen LogP contribution in [0.3, 0.4) is 0 Å². The zero-order valence-corrected chi connectivity index (χ0v) is 11.6. The Kier molecular flexibility index (Phi) is 4.51. The lowest BCUT2D eigenvalue weighted by molar-refractivity contribution is 0.407. The molecule has 0 atom stereocenters. The van der Waals surface area contributed by atoms with E-state index in [0.717, 1.165) is 15.7 Å². The molecule has 0 unspecified atom stereocenters. The Hall–Kier alpha value is 0.220. The minimum atomic E-state index is 0.857. The first kappa shape index (κ1) is 11.3. The second-order valence-electron chi connectivity index (χ2n) is 2.57. The highest BCUT2D eigenvalue weighted by Gasteiger charge is 2.07. The third-order valence-electron chi connectivity index (χ3n) is 1.65. The first-order chi connectivity index (χ1) is 6.19. The smallest absolute Gasteiger partial charge is 0.135 e. The standard InChI is InChI=1S/C10H10I2O/c1-3-4-7-5-8(11)6-9(12)10(7)13-2/h3,5-6H,1,4H2,2H3. The first-order valence-corrected chi connectivity index (χ1v) is 5.97. The van der Waals surface area contributed by atoms with E-state index in [1.165, 1.54) is 9.13 Å². The van der Waals surface area contributed by atoms with Gasteiger partial charge in [-0.15, -0.1) is 6.58 Å². The Labute approximate surface area is 106 Å². The van der Waals surface area contributed by atoms with Crippen molar-refractivity contribution in [2.24, 2.45) is 0 Å². The fraction of sp³-hybridized carbons (Fsp3) is 0.200. The van der Waals surface area contributed by atoms with Crippen LogP contribution in [0.4, 0.5) is 0 Å². The lowest BCUT2D eigenvalue weighted by Crippen LogP contribution is -1.94. The molecular weight excluding hydrogens is 390 g/mol. The van der Waals surface area contributed by atoms with E-state index < -0.39 is 0 Å². The van der Waals surface area contributed by atoms with E-state index in [0.29, 0.717) is 0 Å². The van der Waals surface area contributed by atoms with Crippen molar-refractivity contribution >= 4 is 45.2 Å². The number of rotatable bonds is 3. The molecule has 0 radical (unpaired) electrons. The number of benzene rings is 1. The molecule has 1 aromatic rings. The van der Waals surface area contributed by atoms with Crippen LogP contribution in [0.1, 0.15) is 5.56 Å². The highest BCUT2D eigenvalue weighted by Crippen LogP contribution is 2.28. The molecule has 3 heteroatoms. The molecule has 0 amide bonds. The fourth-order valence-corrected chi connectivity index (χ4v) is 3.33. The molecule has 0 aliphatic carbocycles. The van der Waals surface area contributed by atoms with E-state index in [1.54, 1.807) is 7.11 Å². The second-order valence-corrected chi connectivity index (χ2v) is 4.98. The molecule has 0 aliphatic rings. The van der Waals surface area contributed by atoms with Crippen LogP contribution in [0.2, 0.25) is 0 Å². The molecule has 0 saturated heterocycles. The molecule has 0 spiro atoms. The van der Waals surface area contributed by atoms with Crippen LogP contribution in [-0.2, 0) is 6.42 Å². The van der Waals surface area contributed by atoms with Gasteiger partial charge in [0.25, 0.3) is 0 Å². The summed E-state index contributed by atoms with van der Waals surface area (Å²) in [4.78, 5) is 0. The van der Waals surface area contributed by atoms with Gasteiger partial charge in [0, 0.05) is 9.13 Å². The van der Waals surface area contributed by atoms with E-state index in [9.17, 15) is 0 Å². The number of methoxy groups -OCH3 is 1. The lowest BCUT2D eigenvalue weighted by Gasteiger charge is -2.09. The van der Waals surface area contributed by atoms with Crippen molar-refractivity contribution in [1.82, 2.24) is 0 Å². The van der Waals surface area contributed by atoms with Crippen molar-refractivity contribution in [3.8, 4) is 5.75 Å². The van der Waals surface area contributed by atoms with Gasteiger partial charge in [0.05, 0.1) is 10.7 Å². The van der Waals surface area contributed by atoms with Crippen LogP contribution in [0.5, 0.6) is 5.75 Å². The van der Waals surface area contributed by atoms with Gasteiger partial charge in [0.15, 0.2) is 0 Å². The molecule has 0 N–H and O–H groups in total. The van der Waals surface area contributed by atoms with Crippen LogP contribution in [0.15, 0.2) is 24.8 Å². The van der Waals surface area contributed by atoms with Gasteiger partial charge in [0.1, 0.15) is 5.75 Å². The van der Waals surface area contributed by atoms with E-state index in [2.05, 4.69) is 63.9 Å². The van der Waals surface area contributed by atoms with E-state index in [4.69, 9.17) is 4.74 Å². The van der Waals surface area contributed by atoms with Crippen molar-refractivity contribution < 1.29 is 4.74 Å². The van der Waals surface area contributed by atoms with Crippen LogP contribution < -0.4 is 4.74 Å². The second kappa shape index (κ2) is 5.19. The van der Waals surface area contributed by atoms with Gasteiger partial charge in [0.2, 0.25) is 0 Å². The summed E-state index contributed by atoms with van der Waals surface area (Å²) in [6.45, 7) is 3.73. The summed E-state index contributed by atoms with van der Waals surface area (Å²) < 4.78 is 7.72. The van der Waals surface area contributed by atoms with Crippen LogP contribution in [0, 0.1) is 7.14 Å². The average Bonchev–Trinajstić information content (AvgIpc) is 2.04. The summed E-state index contributed by atoms with van der Waals surface area (Å²) in [6.07, 6.45) is 2.75. The van der Waals surface area contributed by atoms with Crippen molar-refractivity contribution in [1.29, 1.82) is 0 Å². The quantitative estimate of drug-likeness (QED) is 0.557. The van der Waals surface area contributed by atoms with Crippen molar-refractivity contribution in [2.45, 2.75) is 6.42 Å². The SMILES string of the molecule is C=CCc1cc(I)cc(I)c1OC. The lowest BCUT2D eigenvalue weighted by atomic mass is 10.1. The molecule has 0 heterocycles. The number of allylic oxidation sites excluding steroid dienone is 1. The molecule has 70 valence electrons. The highest BCUT2D eigenvalue weighted by atomic mass is 127. The Bertz CT molecular complexity index is 321. The zero-order chi connectivity index (χ0) is 9.84. The maximum atomic E-state index is 5.33. The highest BCUT2D eigenvalue weighted by molar-refractivity contribution is 14.1. The fourth-order valence-electron chi connectivity index (χ4n) is 1.15. The third kappa shape index (κ3) is 2.83. The van der Waals surface area contributed by atoms with Crippen molar-refractivity contribution in [2.75, 3.05) is 7.11 Å². The molecule has 0 saturated carbocycles. The molecule has 0 aromatic heterocycles. The summed E-state index contributed by atoms with van der Waals surface area (Å²) in [5.74, 6) is 0.973. The zero-order valence-electron chi connectivity index (χ0n) is 7.31. The van der Waals surface area contributed by atoms with Crippen molar-refractivity contribution in [3.63, 3.8) is 0 Å². The van der Waals surface area contributed by atoms with Crippen LogP contribution in [0.25, 0.3) is 0 Å². The van der Waals surface area contributed by atoms with Gasteiger partial charge in [-0.2, -0.15) is 0 Å². The molecule has 0 bridgehead atoms. The number of hydrogen-bond acceptors (Lipinski definition) is 1. The van der Waals surface area contributed by atoms with Crippen molar-refractivity contribution in [3.05, 3.63) is 37.5 Å². The Morgan fingerprint density at radius 3 is 2.69 bits per heavy atom. The minimum absolute atomic E-state index is 0.857. The summed E-state index contributed by atoms with van der Waals surface area (Å²) in [5.41, 5.74) is 1.20. The summed E-state index contributed by atoms with van der Waals surface area (Å²) >= 11 is 4.60. The van der Waals surface area contributed by atoms with Gasteiger partial charge < -0.3 is 4.74 Å². The first-order valence-electron chi connectivity index (χ1n) is 3.82. The Morgan fingerprint density at radius 1 is 1.46 bits per heavy atom. The van der Waals surface area contributed by atoms with E-state index in [1.807, 2.05) is 6.08 Å². The molecule has 1 rings (SSSR count). The van der Waals surface area contributed by atoms with Gasteiger partial charge in [-0.1, -0.05) is 6.08 Å². The molecule has 0 aliphatic heterocycles. The van der Waals surface area contributed by atoms with Gasteiger partial charge in [-0.05, 0) is 63.7 Å². The van der Waals surface area contributed by atoms with Gasteiger partial charge in [-0.25, -0.2) is 0 Å². The average molecular weight is 400 g/mol. The monoisotopic (exact) mass is 400 g/mol. The Morgan fingerprint density at radius 2 is 2.15 bits per heavy atom. The van der Waals surface area contributed by atoms with Crippen LogP contribution in [-0.4, -0.2) is 7.11 Å². The minimum Gasteiger partial charge on any atom is -0.495 e. The number of halogens is 2. The van der Waals surface area contributed by atoms with Crippen LogP contribution >= 0.6 is 45.2 Å². The predicted octanol–water partition coefficient (Wildman–Crippen LogP) is 3.63. The van der Waals surface area contributed by atoms with Gasteiger partial charge in [-0.3, -0.25) is 0 Å². The topological polar surface area (TPSA) is 9.23 Å². The molecule has 0 fully saturated rings. The summed E-state index contributed by atoms with van der Waals surface area (Å²) in [6, 6.07) is 4.23. The molecule has 13 heavy (non-hydrogen) atoms. The van der Waals surface area contributed by atoms with E-state index in [-0.39, 0.29) is 0 Å². The summed E-state index contributed by atoms with van der Waals surface area (Å²) in [5, 5.41) is 0. The van der Waals surface area contributed by atoms with E-state index >= 15 is 0 Å². The van der Waals surface area contributed by atoms with Gasteiger partial charge >= 0.3 is 0 Å². The Balaban J connectivity index is 3.20. The maximum Gasteiger partial charge on any atom is 0.135 e. The largest absolute Gasteiger partial charge is 0.495 e. The normalized spacial score (nSPS) is 9.77. The summed E-state index contributed by atoms with van der Waals surface area (Å²) in [7, 11) is 1.71. The number of ether oxygens (including phenoxy) is 1. The third-order valence-corrected chi connectivity index (χ3v) is 3.08. The molecular formula is C10H10I2O. The number of hydrogen-bond donors (Lipinski definition) is 0. The molecule has 1 nitrogen and oxygen atoms in total. The predicted molar refractivity (Wildman–Crippen MR) is 72.3 cm³/mol. The molecule has 1 aromatic carbocycles. The maximum absolute atomic E-state index is 5.33.